The first kappa shape index (κ1) is 20.8. The summed E-state index contributed by atoms with van der Waals surface area (Å²) >= 11 is 0. The van der Waals surface area contributed by atoms with Gasteiger partial charge >= 0.3 is 5.97 Å². The van der Waals surface area contributed by atoms with Gasteiger partial charge in [-0.1, -0.05) is 0 Å². The molecule has 0 radical (unpaired) electrons. The first-order chi connectivity index (χ1) is 15.6. The van der Waals surface area contributed by atoms with E-state index in [-0.39, 0.29) is 6.61 Å². The summed E-state index contributed by atoms with van der Waals surface area (Å²) in [5.41, 5.74) is 3.97. The number of aromatic nitrogens is 4. The lowest BCUT2D eigenvalue weighted by Gasteiger charge is -2.13. The summed E-state index contributed by atoms with van der Waals surface area (Å²) in [4.78, 5) is 25.5. The minimum absolute atomic E-state index is 0.285. The average Bonchev–Trinajstić information content (AvgIpc) is 3.34. The highest BCUT2D eigenvalue weighted by Crippen LogP contribution is 2.27. The molecule has 8 heteroatoms. The Labute approximate surface area is 185 Å². The lowest BCUT2D eigenvalue weighted by Crippen LogP contribution is -2.07. The number of carbonyl (C=O) groups is 1. The molecule has 158 valence electrons. The Hall–Kier alpha value is -4.51. The van der Waals surface area contributed by atoms with Crippen LogP contribution in [0.2, 0.25) is 0 Å². The van der Waals surface area contributed by atoms with E-state index >= 15 is 0 Å². The Morgan fingerprint density at radius 1 is 1.16 bits per heavy atom. The number of nitrogens with zero attached hydrogens (tertiary/aromatic N) is 5. The summed E-state index contributed by atoms with van der Waals surface area (Å²) in [5, 5.41) is 12.4. The fourth-order valence-electron chi connectivity index (χ4n) is 3.27. The fourth-order valence-corrected chi connectivity index (χ4v) is 3.27. The van der Waals surface area contributed by atoms with Gasteiger partial charge < -0.3 is 14.6 Å². The van der Waals surface area contributed by atoms with Crippen molar-refractivity contribution < 1.29 is 9.53 Å². The van der Waals surface area contributed by atoms with E-state index in [2.05, 4.69) is 21.4 Å². The van der Waals surface area contributed by atoms with E-state index in [4.69, 9.17) is 9.72 Å². The lowest BCUT2D eigenvalue weighted by atomic mass is 10.1. The quantitative estimate of drug-likeness (QED) is 0.456. The average molecular weight is 424 g/mol. The molecule has 0 aliphatic rings. The first-order valence-electron chi connectivity index (χ1n) is 9.99. The normalized spacial score (nSPS) is 10.4. The summed E-state index contributed by atoms with van der Waals surface area (Å²) in [7, 11) is 0. The molecule has 0 unspecified atom stereocenters. The zero-order valence-corrected chi connectivity index (χ0v) is 17.6. The van der Waals surface area contributed by atoms with Gasteiger partial charge in [0, 0.05) is 47.8 Å². The van der Waals surface area contributed by atoms with E-state index in [1.807, 2.05) is 48.1 Å². The number of hydrogen-bond acceptors (Lipinski definition) is 7. The monoisotopic (exact) mass is 424 g/mol. The Morgan fingerprint density at radius 3 is 2.72 bits per heavy atom. The highest BCUT2D eigenvalue weighted by Gasteiger charge is 2.15. The number of carbonyl (C=O) groups excluding carboxylic acids is 1. The molecule has 0 fully saturated rings. The van der Waals surface area contributed by atoms with Gasteiger partial charge in [0.15, 0.2) is 0 Å². The van der Waals surface area contributed by atoms with Crippen LogP contribution in [0.4, 0.5) is 11.6 Å². The van der Waals surface area contributed by atoms with Gasteiger partial charge in [-0.15, -0.1) is 0 Å². The number of anilines is 2. The standard InChI is InChI=1S/C24H20N6O2/c1-3-32-23(31)19-11-18(13-26-14-19)21-15-27-24(29-22(21)30-6-4-5-7-30)28-20-9-16(2)8-17(10-20)12-25/h4-11,13-15H,3H2,1-2H3,(H,27,28,29). The highest BCUT2D eigenvalue weighted by molar-refractivity contribution is 5.90. The number of aryl methyl sites for hydroxylation is 1. The zero-order valence-electron chi connectivity index (χ0n) is 17.6. The smallest absolute Gasteiger partial charge is 0.339 e. The second kappa shape index (κ2) is 9.10. The van der Waals surface area contributed by atoms with Crippen molar-refractivity contribution in [3.05, 3.63) is 84.1 Å². The van der Waals surface area contributed by atoms with Crippen molar-refractivity contribution in [3.63, 3.8) is 0 Å². The molecule has 3 heterocycles. The van der Waals surface area contributed by atoms with Crippen molar-refractivity contribution in [2.45, 2.75) is 13.8 Å². The van der Waals surface area contributed by atoms with Crippen molar-refractivity contribution in [1.82, 2.24) is 19.5 Å². The van der Waals surface area contributed by atoms with Crippen LogP contribution >= 0.6 is 0 Å². The van der Waals surface area contributed by atoms with Crippen LogP contribution in [0.25, 0.3) is 16.9 Å². The molecule has 8 nitrogen and oxygen atoms in total. The third kappa shape index (κ3) is 4.47. The molecule has 0 amide bonds. The number of hydrogen-bond donors (Lipinski definition) is 1. The van der Waals surface area contributed by atoms with Gasteiger partial charge in [-0.2, -0.15) is 10.2 Å². The van der Waals surface area contributed by atoms with Crippen molar-refractivity contribution >= 4 is 17.6 Å². The molecule has 0 atom stereocenters. The molecular formula is C24H20N6O2. The van der Waals surface area contributed by atoms with Gasteiger partial charge in [0.1, 0.15) is 5.82 Å². The predicted molar refractivity (Wildman–Crippen MR) is 120 cm³/mol. The Morgan fingerprint density at radius 2 is 1.97 bits per heavy atom. The summed E-state index contributed by atoms with van der Waals surface area (Å²) in [5.74, 6) is 0.557. The molecule has 1 N–H and O–H groups in total. The van der Waals surface area contributed by atoms with Crippen LogP contribution in [-0.2, 0) is 4.74 Å². The van der Waals surface area contributed by atoms with Crippen molar-refractivity contribution in [3.8, 4) is 23.0 Å². The summed E-state index contributed by atoms with van der Waals surface area (Å²) < 4.78 is 6.94. The van der Waals surface area contributed by atoms with E-state index in [1.165, 1.54) is 6.20 Å². The van der Waals surface area contributed by atoms with Gasteiger partial charge in [0.05, 0.1) is 23.8 Å². The van der Waals surface area contributed by atoms with Crippen LogP contribution in [0.15, 0.2) is 67.4 Å². The maximum Gasteiger partial charge on any atom is 0.339 e. The molecule has 32 heavy (non-hydrogen) atoms. The molecule has 0 aliphatic heterocycles. The van der Waals surface area contributed by atoms with Crippen LogP contribution in [0.1, 0.15) is 28.4 Å². The van der Waals surface area contributed by atoms with Gasteiger partial charge in [-0.3, -0.25) is 4.98 Å². The van der Waals surface area contributed by atoms with Crippen molar-refractivity contribution in [2.24, 2.45) is 0 Å². The molecule has 1 aromatic carbocycles. The van der Waals surface area contributed by atoms with Gasteiger partial charge in [-0.05, 0) is 55.8 Å². The van der Waals surface area contributed by atoms with E-state index in [1.54, 1.807) is 31.5 Å². The molecule has 0 saturated heterocycles. The Balaban J connectivity index is 1.75. The van der Waals surface area contributed by atoms with E-state index < -0.39 is 5.97 Å². The van der Waals surface area contributed by atoms with Gasteiger partial charge in [0.2, 0.25) is 5.95 Å². The molecule has 0 aliphatic carbocycles. The number of esters is 1. The number of benzene rings is 1. The minimum Gasteiger partial charge on any atom is -0.462 e. The molecular weight excluding hydrogens is 404 g/mol. The second-order valence-corrected chi connectivity index (χ2v) is 7.03. The number of rotatable bonds is 6. The number of nitriles is 1. The molecule has 0 saturated carbocycles. The fraction of sp³-hybridized carbons (Fsp3) is 0.125. The first-order valence-corrected chi connectivity index (χ1v) is 9.99. The molecule has 4 rings (SSSR count). The van der Waals surface area contributed by atoms with Crippen LogP contribution in [-0.4, -0.2) is 32.1 Å². The Kier molecular flexibility index (Phi) is 5.90. The second-order valence-electron chi connectivity index (χ2n) is 7.03. The topological polar surface area (TPSA) is 106 Å². The zero-order chi connectivity index (χ0) is 22.5. The van der Waals surface area contributed by atoms with Gasteiger partial charge in [-0.25, -0.2) is 9.78 Å². The van der Waals surface area contributed by atoms with Crippen LogP contribution in [0.5, 0.6) is 0 Å². The summed E-state index contributed by atoms with van der Waals surface area (Å²) in [6.07, 6.45) is 8.55. The van der Waals surface area contributed by atoms with Crippen molar-refractivity contribution in [1.29, 1.82) is 5.26 Å². The SMILES string of the molecule is CCOC(=O)c1cncc(-c2cnc(Nc3cc(C)cc(C#N)c3)nc2-n2cccc2)c1. The molecule has 3 aromatic heterocycles. The number of ether oxygens (including phenoxy) is 1. The lowest BCUT2D eigenvalue weighted by molar-refractivity contribution is 0.0526. The van der Waals surface area contributed by atoms with Crippen LogP contribution in [0, 0.1) is 18.3 Å². The highest BCUT2D eigenvalue weighted by atomic mass is 16.5. The molecule has 0 bridgehead atoms. The van der Waals surface area contributed by atoms with Crippen LogP contribution in [0.3, 0.4) is 0 Å². The van der Waals surface area contributed by atoms with E-state index in [0.29, 0.717) is 34.0 Å². The van der Waals surface area contributed by atoms with E-state index in [9.17, 15) is 10.1 Å². The third-order valence-electron chi connectivity index (χ3n) is 4.64. The summed E-state index contributed by atoms with van der Waals surface area (Å²) in [6, 6.07) is 13.1. The number of nitrogens with one attached hydrogen (secondary N) is 1. The largest absolute Gasteiger partial charge is 0.462 e. The summed E-state index contributed by atoms with van der Waals surface area (Å²) in [6.45, 7) is 3.96. The Bertz CT molecular complexity index is 1310. The van der Waals surface area contributed by atoms with Crippen molar-refractivity contribution in [2.75, 3.05) is 11.9 Å². The predicted octanol–water partition coefficient (Wildman–Crippen LogP) is 4.43. The van der Waals surface area contributed by atoms with Gasteiger partial charge in [0.25, 0.3) is 0 Å². The molecule has 4 aromatic rings. The third-order valence-corrected chi connectivity index (χ3v) is 4.64. The minimum atomic E-state index is -0.434. The van der Waals surface area contributed by atoms with Crippen LogP contribution < -0.4 is 5.32 Å². The number of pyridine rings is 1. The maximum atomic E-state index is 12.1. The maximum absolute atomic E-state index is 12.1. The molecule has 0 spiro atoms. The van der Waals surface area contributed by atoms with E-state index in [0.717, 1.165) is 11.3 Å².